The van der Waals surface area contributed by atoms with Crippen molar-refractivity contribution in [3.8, 4) is 0 Å². The molecule has 0 spiro atoms. The van der Waals surface area contributed by atoms with Crippen molar-refractivity contribution in [3.05, 3.63) is 34.9 Å². The predicted octanol–water partition coefficient (Wildman–Crippen LogP) is 3.38. The van der Waals surface area contributed by atoms with Gasteiger partial charge in [0.25, 0.3) is 0 Å². The van der Waals surface area contributed by atoms with Crippen molar-refractivity contribution in [2.24, 2.45) is 5.92 Å². The molecule has 0 aliphatic carbocycles. The molecule has 18 heavy (non-hydrogen) atoms. The van der Waals surface area contributed by atoms with Crippen LogP contribution in [0.1, 0.15) is 30.5 Å². The summed E-state index contributed by atoms with van der Waals surface area (Å²) in [6.45, 7) is 8.96. The van der Waals surface area contributed by atoms with E-state index in [2.05, 4.69) is 53.3 Å². The maximum atomic E-state index is 11.8. The van der Waals surface area contributed by atoms with Crippen LogP contribution in [0.25, 0.3) is 0 Å². The van der Waals surface area contributed by atoms with E-state index in [0.717, 1.165) is 6.42 Å². The zero-order valence-corrected chi connectivity index (χ0v) is 13.2. The number of hydrogen-bond acceptors (Lipinski definition) is 1. The molecule has 1 rings (SSSR count). The first-order valence-electron chi connectivity index (χ1n) is 6.39. The molecule has 0 fully saturated rings. The Bertz CT molecular complexity index is 415. The van der Waals surface area contributed by atoms with Gasteiger partial charge < -0.3 is 5.32 Å². The molecule has 0 bridgehead atoms. The minimum absolute atomic E-state index is 0.0785. The topological polar surface area (TPSA) is 29.1 Å². The predicted molar refractivity (Wildman–Crippen MR) is 80.2 cm³/mol. The molecule has 1 N–H and O–H groups in total. The van der Waals surface area contributed by atoms with Crippen LogP contribution in [0.2, 0.25) is 0 Å². The highest BCUT2D eigenvalue weighted by Gasteiger charge is 2.17. The van der Waals surface area contributed by atoms with E-state index in [1.807, 2.05) is 13.8 Å². The minimum atomic E-state index is -0.100. The van der Waals surface area contributed by atoms with E-state index in [-0.39, 0.29) is 10.7 Å². The number of carbonyl (C=O) groups is 1. The molecule has 0 aliphatic rings. The molecule has 0 saturated carbocycles. The lowest BCUT2D eigenvalue weighted by Crippen LogP contribution is -2.35. The monoisotopic (exact) mass is 311 g/mol. The number of rotatable bonds is 5. The molecule has 0 aromatic heterocycles. The lowest BCUT2D eigenvalue weighted by atomic mass is 10.0. The zero-order valence-electron chi connectivity index (χ0n) is 11.6. The quantitative estimate of drug-likeness (QED) is 0.830. The van der Waals surface area contributed by atoms with Crippen molar-refractivity contribution in [3.63, 3.8) is 0 Å². The van der Waals surface area contributed by atoms with E-state index in [1.165, 1.54) is 16.7 Å². The van der Waals surface area contributed by atoms with Gasteiger partial charge in [0.15, 0.2) is 0 Å². The number of benzene rings is 1. The normalized spacial score (nSPS) is 12.6. The van der Waals surface area contributed by atoms with Gasteiger partial charge in [0.1, 0.15) is 0 Å². The zero-order chi connectivity index (χ0) is 13.7. The molecule has 0 radical (unpaired) electrons. The van der Waals surface area contributed by atoms with E-state index < -0.39 is 0 Å². The molecule has 1 aromatic carbocycles. The average molecular weight is 312 g/mol. The van der Waals surface area contributed by atoms with Crippen LogP contribution >= 0.6 is 15.9 Å². The van der Waals surface area contributed by atoms with Gasteiger partial charge in [-0.3, -0.25) is 4.79 Å². The SMILES string of the molecule is Cc1ccc(CCNC(=O)C(Br)C(C)C)c(C)c1. The Labute approximate surface area is 118 Å². The molecule has 0 heterocycles. The van der Waals surface area contributed by atoms with Crippen molar-refractivity contribution >= 4 is 21.8 Å². The minimum Gasteiger partial charge on any atom is -0.355 e. The smallest absolute Gasteiger partial charge is 0.234 e. The maximum absolute atomic E-state index is 11.8. The number of carbonyl (C=O) groups excluding carboxylic acids is 1. The third-order valence-electron chi connectivity index (χ3n) is 3.03. The first-order valence-corrected chi connectivity index (χ1v) is 7.31. The Morgan fingerprint density at radius 3 is 2.56 bits per heavy atom. The van der Waals surface area contributed by atoms with Gasteiger partial charge in [-0.1, -0.05) is 53.5 Å². The van der Waals surface area contributed by atoms with Crippen molar-refractivity contribution in [1.29, 1.82) is 0 Å². The third-order valence-corrected chi connectivity index (χ3v) is 4.50. The number of aryl methyl sites for hydroxylation is 2. The van der Waals surface area contributed by atoms with Crippen LogP contribution in [0.15, 0.2) is 18.2 Å². The van der Waals surface area contributed by atoms with Gasteiger partial charge in [-0.2, -0.15) is 0 Å². The van der Waals surface area contributed by atoms with E-state index in [0.29, 0.717) is 12.5 Å². The van der Waals surface area contributed by atoms with E-state index in [4.69, 9.17) is 0 Å². The molecule has 100 valence electrons. The Morgan fingerprint density at radius 1 is 1.33 bits per heavy atom. The van der Waals surface area contributed by atoms with Crippen LogP contribution in [-0.4, -0.2) is 17.3 Å². The highest BCUT2D eigenvalue weighted by atomic mass is 79.9. The summed E-state index contributed by atoms with van der Waals surface area (Å²) in [5.41, 5.74) is 3.88. The fraction of sp³-hybridized carbons (Fsp3) is 0.533. The fourth-order valence-corrected chi connectivity index (χ4v) is 2.01. The summed E-state index contributed by atoms with van der Waals surface area (Å²) in [7, 11) is 0. The fourth-order valence-electron chi connectivity index (χ4n) is 1.85. The van der Waals surface area contributed by atoms with Crippen LogP contribution in [0, 0.1) is 19.8 Å². The van der Waals surface area contributed by atoms with Crippen molar-refractivity contribution in [2.75, 3.05) is 6.54 Å². The summed E-state index contributed by atoms with van der Waals surface area (Å²) in [4.78, 5) is 11.7. The molecule has 0 saturated heterocycles. The number of alkyl halides is 1. The Kier molecular flexibility index (Phi) is 5.86. The summed E-state index contributed by atoms with van der Waals surface area (Å²) in [5, 5.41) is 2.97. The van der Waals surface area contributed by atoms with Gasteiger partial charge in [0.05, 0.1) is 4.83 Å². The van der Waals surface area contributed by atoms with Crippen LogP contribution in [0.5, 0.6) is 0 Å². The summed E-state index contributed by atoms with van der Waals surface area (Å²) in [6.07, 6.45) is 0.885. The van der Waals surface area contributed by atoms with E-state index in [9.17, 15) is 4.79 Å². The molecule has 1 unspecified atom stereocenters. The van der Waals surface area contributed by atoms with Gasteiger partial charge >= 0.3 is 0 Å². The standard InChI is InChI=1S/C15H22BrNO/c1-10(2)14(16)15(18)17-8-7-13-6-5-11(3)9-12(13)4/h5-6,9-10,14H,7-8H2,1-4H3,(H,17,18). The van der Waals surface area contributed by atoms with Crippen molar-refractivity contribution in [2.45, 2.75) is 38.9 Å². The molecule has 1 amide bonds. The van der Waals surface area contributed by atoms with Crippen molar-refractivity contribution in [1.82, 2.24) is 5.32 Å². The van der Waals surface area contributed by atoms with E-state index in [1.54, 1.807) is 0 Å². The third kappa shape index (κ3) is 4.45. The van der Waals surface area contributed by atoms with Crippen molar-refractivity contribution < 1.29 is 4.79 Å². The van der Waals surface area contributed by atoms with Crippen LogP contribution in [0.4, 0.5) is 0 Å². The van der Waals surface area contributed by atoms with Crippen LogP contribution in [-0.2, 0) is 11.2 Å². The second-order valence-corrected chi connectivity index (χ2v) is 6.10. The summed E-state index contributed by atoms with van der Waals surface area (Å²) >= 11 is 3.41. The summed E-state index contributed by atoms with van der Waals surface area (Å²) < 4.78 is 0. The molecule has 1 atom stereocenters. The molecule has 2 nitrogen and oxygen atoms in total. The first-order chi connectivity index (χ1) is 8.41. The van der Waals surface area contributed by atoms with Crippen LogP contribution in [0.3, 0.4) is 0 Å². The van der Waals surface area contributed by atoms with E-state index >= 15 is 0 Å². The number of nitrogens with one attached hydrogen (secondary N) is 1. The highest BCUT2D eigenvalue weighted by molar-refractivity contribution is 9.10. The molecule has 1 aromatic rings. The largest absolute Gasteiger partial charge is 0.355 e. The van der Waals surface area contributed by atoms with Gasteiger partial charge in [0.2, 0.25) is 5.91 Å². The van der Waals surface area contributed by atoms with Gasteiger partial charge in [-0.15, -0.1) is 0 Å². The molecular formula is C15H22BrNO. The lowest BCUT2D eigenvalue weighted by molar-refractivity contribution is -0.121. The number of halogens is 1. The average Bonchev–Trinajstić information content (AvgIpc) is 2.30. The first kappa shape index (κ1) is 15.2. The van der Waals surface area contributed by atoms with Gasteiger partial charge in [0, 0.05) is 6.54 Å². The summed E-state index contributed by atoms with van der Waals surface area (Å²) in [6, 6.07) is 6.44. The van der Waals surface area contributed by atoms with Gasteiger partial charge in [-0.05, 0) is 37.3 Å². The lowest BCUT2D eigenvalue weighted by Gasteiger charge is -2.14. The second kappa shape index (κ2) is 6.93. The molecule has 0 aliphatic heterocycles. The Hall–Kier alpha value is -0.830. The summed E-state index contributed by atoms with van der Waals surface area (Å²) in [5.74, 6) is 0.390. The van der Waals surface area contributed by atoms with Gasteiger partial charge in [-0.25, -0.2) is 0 Å². The maximum Gasteiger partial charge on any atom is 0.234 e. The highest BCUT2D eigenvalue weighted by Crippen LogP contribution is 2.13. The van der Waals surface area contributed by atoms with Crippen LogP contribution < -0.4 is 5.32 Å². The Morgan fingerprint density at radius 2 is 2.00 bits per heavy atom. The molecule has 3 heteroatoms. The second-order valence-electron chi connectivity index (χ2n) is 5.12. The molecular weight excluding hydrogens is 290 g/mol. The number of hydrogen-bond donors (Lipinski definition) is 1. The number of amides is 1. The Balaban J connectivity index is 2.44.